The molecule has 0 saturated carbocycles. The van der Waals surface area contributed by atoms with Crippen LogP contribution in [0, 0.1) is 0 Å². The van der Waals surface area contributed by atoms with Gasteiger partial charge in [-0.25, -0.2) is 4.98 Å². The molecule has 1 unspecified atom stereocenters. The van der Waals surface area contributed by atoms with Gasteiger partial charge in [-0.3, -0.25) is 9.69 Å². The van der Waals surface area contributed by atoms with E-state index in [0.29, 0.717) is 55.8 Å². The third-order valence-corrected chi connectivity index (χ3v) is 5.09. The Hall–Kier alpha value is -1.58. The highest BCUT2D eigenvalue weighted by atomic mass is 35.5. The average molecular weight is 407 g/mol. The van der Waals surface area contributed by atoms with E-state index in [1.807, 2.05) is 4.90 Å². The highest BCUT2D eigenvalue weighted by Crippen LogP contribution is 2.28. The lowest BCUT2D eigenvalue weighted by atomic mass is 10.1. The summed E-state index contributed by atoms with van der Waals surface area (Å²) in [6, 6.07) is 1.29. The molecule has 0 N–H and O–H groups in total. The molecule has 3 heterocycles. The second kappa shape index (κ2) is 8.20. The van der Waals surface area contributed by atoms with E-state index in [4.69, 9.17) is 16.3 Å². The van der Waals surface area contributed by atoms with Crippen LogP contribution in [-0.2, 0) is 4.74 Å². The summed E-state index contributed by atoms with van der Waals surface area (Å²) in [6.07, 6.45) is -2.74. The molecule has 150 valence electrons. The molecule has 0 aromatic carbocycles. The topological polar surface area (TPSA) is 48.9 Å². The first-order chi connectivity index (χ1) is 12.7. The lowest BCUT2D eigenvalue weighted by molar-refractivity contribution is -0.150. The summed E-state index contributed by atoms with van der Waals surface area (Å²) in [5, 5.41) is 0.325. The summed E-state index contributed by atoms with van der Waals surface area (Å²) in [5.41, 5.74) is 0.398. The first kappa shape index (κ1) is 20.2. The van der Waals surface area contributed by atoms with Crippen molar-refractivity contribution in [3.8, 4) is 0 Å². The van der Waals surface area contributed by atoms with Crippen molar-refractivity contribution in [3.63, 3.8) is 0 Å². The summed E-state index contributed by atoms with van der Waals surface area (Å²) in [4.78, 5) is 21.8. The largest absolute Gasteiger partial charge is 0.401 e. The number of halogens is 4. The molecule has 1 aromatic rings. The number of morpholine rings is 1. The van der Waals surface area contributed by atoms with Gasteiger partial charge in [-0.05, 0) is 13.0 Å². The summed E-state index contributed by atoms with van der Waals surface area (Å²) >= 11 is 6.34. The molecule has 1 aromatic heterocycles. The molecule has 2 aliphatic rings. The van der Waals surface area contributed by atoms with Crippen LogP contribution < -0.4 is 4.90 Å². The zero-order valence-electron chi connectivity index (χ0n) is 15.0. The van der Waals surface area contributed by atoms with Gasteiger partial charge < -0.3 is 14.5 Å². The summed E-state index contributed by atoms with van der Waals surface area (Å²) < 4.78 is 43.2. The first-order valence-corrected chi connectivity index (χ1v) is 9.21. The highest BCUT2D eigenvalue weighted by molar-refractivity contribution is 6.33. The predicted molar refractivity (Wildman–Crippen MR) is 95.3 cm³/mol. The van der Waals surface area contributed by atoms with Crippen molar-refractivity contribution < 1.29 is 22.7 Å². The number of carbonyl (C=O) groups is 1. The molecule has 2 aliphatic heterocycles. The van der Waals surface area contributed by atoms with Crippen molar-refractivity contribution in [2.24, 2.45) is 0 Å². The van der Waals surface area contributed by atoms with Gasteiger partial charge in [0.25, 0.3) is 5.91 Å². The molecule has 6 nitrogen and oxygen atoms in total. The van der Waals surface area contributed by atoms with Gasteiger partial charge in [0, 0.05) is 45.0 Å². The zero-order valence-corrected chi connectivity index (χ0v) is 15.8. The molecule has 2 fully saturated rings. The monoisotopic (exact) mass is 406 g/mol. The molecule has 0 radical (unpaired) electrons. The Morgan fingerprint density at radius 2 is 2.00 bits per heavy atom. The third kappa shape index (κ3) is 5.03. The lowest BCUT2D eigenvalue weighted by Crippen LogP contribution is -2.54. The van der Waals surface area contributed by atoms with Crippen LogP contribution in [0.15, 0.2) is 12.3 Å². The fourth-order valence-corrected chi connectivity index (χ4v) is 3.67. The van der Waals surface area contributed by atoms with Gasteiger partial charge in [-0.2, -0.15) is 13.2 Å². The zero-order chi connectivity index (χ0) is 19.6. The number of pyridine rings is 1. The number of ether oxygens (including phenoxy) is 1. The van der Waals surface area contributed by atoms with Crippen LogP contribution in [0.3, 0.4) is 0 Å². The van der Waals surface area contributed by atoms with E-state index in [0.717, 1.165) is 0 Å². The number of hydrogen-bond donors (Lipinski definition) is 0. The fraction of sp³-hybridized carbons (Fsp3) is 0.647. The van der Waals surface area contributed by atoms with E-state index in [1.54, 1.807) is 17.9 Å². The SMILES string of the molecule is CC1CN(c2ncc(C(=O)N3CCOCC3)cc2Cl)CCN1CC(F)(F)F. The molecule has 0 bridgehead atoms. The van der Waals surface area contributed by atoms with Crippen molar-refractivity contribution in [1.29, 1.82) is 0 Å². The lowest BCUT2D eigenvalue weighted by Gasteiger charge is -2.40. The number of amides is 1. The van der Waals surface area contributed by atoms with Crippen molar-refractivity contribution in [3.05, 3.63) is 22.8 Å². The summed E-state index contributed by atoms with van der Waals surface area (Å²) in [5.74, 6) is 0.344. The van der Waals surface area contributed by atoms with E-state index in [2.05, 4.69) is 4.98 Å². The second-order valence-electron chi connectivity index (χ2n) is 6.81. The van der Waals surface area contributed by atoms with E-state index < -0.39 is 12.7 Å². The molecule has 27 heavy (non-hydrogen) atoms. The molecule has 0 spiro atoms. The number of aromatic nitrogens is 1. The molecule has 10 heteroatoms. The standard InChI is InChI=1S/C17H22ClF3N4O2/c1-12-10-24(2-3-25(12)11-17(19,20)21)15-14(18)8-13(9-22-15)16(26)23-4-6-27-7-5-23/h8-9,12H,2-7,10-11H2,1H3. The van der Waals surface area contributed by atoms with Crippen LogP contribution in [0.4, 0.5) is 19.0 Å². The van der Waals surface area contributed by atoms with Gasteiger partial charge in [-0.1, -0.05) is 11.6 Å². The number of alkyl halides is 3. The molecule has 1 atom stereocenters. The fourth-order valence-electron chi connectivity index (χ4n) is 3.38. The smallest absolute Gasteiger partial charge is 0.378 e. The van der Waals surface area contributed by atoms with Crippen LogP contribution in [0.1, 0.15) is 17.3 Å². The second-order valence-corrected chi connectivity index (χ2v) is 7.22. The molecule has 2 saturated heterocycles. The minimum atomic E-state index is -4.21. The van der Waals surface area contributed by atoms with E-state index >= 15 is 0 Å². The number of anilines is 1. The maximum absolute atomic E-state index is 12.6. The Bertz CT molecular complexity index is 683. The van der Waals surface area contributed by atoms with Crippen molar-refractivity contribution in [1.82, 2.24) is 14.8 Å². The van der Waals surface area contributed by atoms with Crippen LogP contribution >= 0.6 is 11.6 Å². The number of rotatable bonds is 3. The average Bonchev–Trinajstić information content (AvgIpc) is 2.62. The van der Waals surface area contributed by atoms with Crippen LogP contribution in [0.5, 0.6) is 0 Å². The Morgan fingerprint density at radius 3 is 2.59 bits per heavy atom. The number of nitrogens with zero attached hydrogens (tertiary/aromatic N) is 4. The molecule has 3 rings (SSSR count). The van der Waals surface area contributed by atoms with Gasteiger partial charge >= 0.3 is 6.18 Å². The third-order valence-electron chi connectivity index (χ3n) is 4.81. The van der Waals surface area contributed by atoms with E-state index in [9.17, 15) is 18.0 Å². The quantitative estimate of drug-likeness (QED) is 0.770. The van der Waals surface area contributed by atoms with Crippen molar-refractivity contribution in [2.45, 2.75) is 19.1 Å². The number of hydrogen-bond acceptors (Lipinski definition) is 5. The highest BCUT2D eigenvalue weighted by Gasteiger charge is 2.35. The van der Waals surface area contributed by atoms with Crippen molar-refractivity contribution in [2.75, 3.05) is 57.4 Å². The van der Waals surface area contributed by atoms with Gasteiger partial charge in [0.15, 0.2) is 0 Å². The first-order valence-electron chi connectivity index (χ1n) is 8.83. The van der Waals surface area contributed by atoms with Crippen LogP contribution in [0.2, 0.25) is 5.02 Å². The normalized spacial score (nSPS) is 22.2. The van der Waals surface area contributed by atoms with Gasteiger partial charge in [0.1, 0.15) is 5.82 Å². The van der Waals surface area contributed by atoms with Gasteiger partial charge in [-0.15, -0.1) is 0 Å². The van der Waals surface area contributed by atoms with Gasteiger partial charge in [0.05, 0.1) is 30.3 Å². The van der Waals surface area contributed by atoms with E-state index in [-0.39, 0.29) is 18.5 Å². The molecule has 0 aliphatic carbocycles. The maximum Gasteiger partial charge on any atom is 0.401 e. The molecular formula is C17H22ClF3N4O2. The predicted octanol–water partition coefficient (Wildman–Crippen LogP) is 2.28. The summed E-state index contributed by atoms with van der Waals surface area (Å²) in [7, 11) is 0. The van der Waals surface area contributed by atoms with Crippen LogP contribution in [-0.4, -0.2) is 85.4 Å². The van der Waals surface area contributed by atoms with Crippen molar-refractivity contribution >= 4 is 23.3 Å². The van der Waals surface area contributed by atoms with Gasteiger partial charge in [0.2, 0.25) is 0 Å². The maximum atomic E-state index is 12.6. The number of piperazine rings is 1. The van der Waals surface area contributed by atoms with Crippen LogP contribution in [0.25, 0.3) is 0 Å². The Kier molecular flexibility index (Phi) is 6.12. The minimum absolute atomic E-state index is 0.150. The minimum Gasteiger partial charge on any atom is -0.378 e. The Labute approximate surface area is 160 Å². The van der Waals surface area contributed by atoms with E-state index in [1.165, 1.54) is 11.1 Å². The molecule has 1 amide bonds. The molecular weight excluding hydrogens is 385 g/mol. The summed E-state index contributed by atoms with van der Waals surface area (Å²) in [6.45, 7) is 3.94. The number of carbonyl (C=O) groups excluding carboxylic acids is 1. The Morgan fingerprint density at radius 1 is 1.30 bits per heavy atom. The Balaban J connectivity index is 1.67.